The highest BCUT2D eigenvalue weighted by molar-refractivity contribution is 5.90. The second-order valence-electron chi connectivity index (χ2n) is 8.44. The summed E-state index contributed by atoms with van der Waals surface area (Å²) in [4.78, 5) is 37.2. The summed E-state index contributed by atoms with van der Waals surface area (Å²) in [6, 6.07) is 13.7. The number of hydrogen-bond donors (Lipinski definition) is 3. The summed E-state index contributed by atoms with van der Waals surface area (Å²) >= 11 is 0. The lowest BCUT2D eigenvalue weighted by Gasteiger charge is -2.25. The maximum atomic E-state index is 12.7. The Labute approximate surface area is 193 Å². The van der Waals surface area contributed by atoms with Gasteiger partial charge in [-0.25, -0.2) is 9.59 Å². The number of amides is 2. The number of carbonyl (C=O) groups excluding carboxylic acids is 3. The number of methoxy groups -OCH3 is 1. The van der Waals surface area contributed by atoms with E-state index < -0.39 is 36.2 Å². The molecule has 0 spiro atoms. The van der Waals surface area contributed by atoms with Crippen molar-refractivity contribution >= 4 is 18.0 Å². The fourth-order valence-corrected chi connectivity index (χ4v) is 4.04. The molecule has 0 fully saturated rings. The van der Waals surface area contributed by atoms with Gasteiger partial charge in [0.1, 0.15) is 18.7 Å². The number of hydrogen-bond acceptors (Lipinski definition) is 6. The molecule has 0 saturated heterocycles. The molecule has 8 nitrogen and oxygen atoms in total. The molecule has 2 aromatic carbocycles. The van der Waals surface area contributed by atoms with E-state index in [1.54, 1.807) is 13.8 Å². The van der Waals surface area contributed by atoms with E-state index in [4.69, 9.17) is 9.47 Å². The number of rotatable bonds is 8. The molecule has 0 aliphatic heterocycles. The molecule has 1 aliphatic rings. The highest BCUT2D eigenvalue weighted by Gasteiger charge is 2.33. The van der Waals surface area contributed by atoms with Crippen LogP contribution < -0.4 is 10.6 Å². The van der Waals surface area contributed by atoms with Crippen LogP contribution >= 0.6 is 0 Å². The zero-order chi connectivity index (χ0) is 24.1. The Bertz CT molecular complexity index is 974. The molecule has 2 aromatic rings. The molecule has 3 atom stereocenters. The number of benzene rings is 2. The van der Waals surface area contributed by atoms with E-state index in [1.807, 2.05) is 48.5 Å². The molecule has 33 heavy (non-hydrogen) atoms. The minimum atomic E-state index is -1.30. The molecule has 0 saturated carbocycles. The quantitative estimate of drug-likeness (QED) is 0.529. The van der Waals surface area contributed by atoms with Crippen molar-refractivity contribution in [2.45, 2.75) is 44.9 Å². The first-order valence-electron chi connectivity index (χ1n) is 10.9. The lowest BCUT2D eigenvalue weighted by atomic mass is 9.98. The Morgan fingerprint density at radius 2 is 1.45 bits per heavy atom. The lowest BCUT2D eigenvalue weighted by Crippen LogP contribution is -2.57. The molecule has 3 N–H and O–H groups in total. The van der Waals surface area contributed by atoms with Crippen molar-refractivity contribution in [1.29, 1.82) is 0 Å². The minimum Gasteiger partial charge on any atom is -0.467 e. The van der Waals surface area contributed by atoms with Crippen LogP contribution in [0.25, 0.3) is 11.1 Å². The van der Waals surface area contributed by atoms with Gasteiger partial charge in [0, 0.05) is 5.92 Å². The predicted octanol–water partition coefficient (Wildman–Crippen LogP) is 2.59. The van der Waals surface area contributed by atoms with Gasteiger partial charge in [-0.1, -0.05) is 62.4 Å². The molecule has 176 valence electrons. The van der Waals surface area contributed by atoms with E-state index in [0.29, 0.717) is 0 Å². The molecule has 0 radical (unpaired) electrons. The first-order chi connectivity index (χ1) is 15.7. The third-order valence-corrected chi connectivity index (χ3v) is 5.80. The van der Waals surface area contributed by atoms with Gasteiger partial charge in [0.15, 0.2) is 0 Å². The zero-order valence-corrected chi connectivity index (χ0v) is 19.2. The first-order valence-corrected chi connectivity index (χ1v) is 10.9. The Kier molecular flexibility index (Phi) is 7.71. The van der Waals surface area contributed by atoms with Gasteiger partial charge >= 0.3 is 12.1 Å². The van der Waals surface area contributed by atoms with E-state index in [9.17, 15) is 19.5 Å². The minimum absolute atomic E-state index is 0.0742. The second kappa shape index (κ2) is 10.5. The van der Waals surface area contributed by atoms with Crippen LogP contribution in [-0.2, 0) is 19.1 Å². The largest absolute Gasteiger partial charge is 0.467 e. The predicted molar refractivity (Wildman–Crippen MR) is 122 cm³/mol. The molecule has 3 rings (SSSR count). The summed E-state index contributed by atoms with van der Waals surface area (Å²) in [5.41, 5.74) is 4.33. The van der Waals surface area contributed by atoms with Gasteiger partial charge < -0.3 is 25.2 Å². The number of aliphatic hydroxyl groups excluding tert-OH is 1. The summed E-state index contributed by atoms with van der Waals surface area (Å²) in [6.07, 6.45) is -2.05. The maximum Gasteiger partial charge on any atom is 0.407 e. The third-order valence-electron chi connectivity index (χ3n) is 5.80. The van der Waals surface area contributed by atoms with Crippen LogP contribution in [0, 0.1) is 5.92 Å². The normalized spacial score (nSPS) is 15.1. The molecule has 0 heterocycles. The topological polar surface area (TPSA) is 114 Å². The second-order valence-corrected chi connectivity index (χ2v) is 8.44. The summed E-state index contributed by atoms with van der Waals surface area (Å²) in [7, 11) is 1.23. The van der Waals surface area contributed by atoms with Crippen molar-refractivity contribution in [2.24, 2.45) is 5.92 Å². The Hall–Kier alpha value is -3.39. The van der Waals surface area contributed by atoms with Crippen LogP contribution in [-0.4, -0.2) is 55.0 Å². The van der Waals surface area contributed by atoms with Crippen LogP contribution in [0.15, 0.2) is 48.5 Å². The number of carbonyl (C=O) groups is 3. The highest BCUT2D eigenvalue weighted by Crippen LogP contribution is 2.44. The molecule has 2 amide bonds. The molecular formula is C25H30N2O6. The van der Waals surface area contributed by atoms with Crippen molar-refractivity contribution in [2.75, 3.05) is 13.7 Å². The van der Waals surface area contributed by atoms with Crippen LogP contribution in [0.1, 0.15) is 37.8 Å². The maximum absolute atomic E-state index is 12.7. The van der Waals surface area contributed by atoms with Crippen molar-refractivity contribution in [1.82, 2.24) is 10.6 Å². The van der Waals surface area contributed by atoms with Crippen LogP contribution in [0.4, 0.5) is 4.79 Å². The summed E-state index contributed by atoms with van der Waals surface area (Å²) in [6.45, 7) is 4.94. The molecule has 0 aromatic heterocycles. The molecule has 1 aliphatic carbocycles. The standard InChI is InChI=1S/C25H30N2O6/c1-14(2)21(24(30)32-4)26-23(29)22(15(3)28)27-25(31)33-13-20-18-11-7-5-9-16(18)17-10-6-8-12-19(17)20/h5-12,14-15,20-22,28H,13H2,1-4H3,(H,26,29)(H,27,31)/t15-,21+,22+/m1/s1. The van der Waals surface area contributed by atoms with E-state index in [2.05, 4.69) is 10.6 Å². The van der Waals surface area contributed by atoms with Gasteiger partial charge in [0.2, 0.25) is 5.91 Å². The highest BCUT2D eigenvalue weighted by atomic mass is 16.5. The van der Waals surface area contributed by atoms with Crippen molar-refractivity contribution in [3.8, 4) is 11.1 Å². The van der Waals surface area contributed by atoms with E-state index in [-0.39, 0.29) is 18.4 Å². The first kappa shape index (κ1) is 24.3. The van der Waals surface area contributed by atoms with Gasteiger partial charge in [-0.2, -0.15) is 0 Å². The third kappa shape index (κ3) is 5.34. The van der Waals surface area contributed by atoms with Gasteiger partial charge in [-0.05, 0) is 35.1 Å². The average Bonchev–Trinajstić information content (AvgIpc) is 3.12. The fraction of sp³-hybridized carbons (Fsp3) is 0.400. The van der Waals surface area contributed by atoms with Crippen molar-refractivity contribution in [3.05, 3.63) is 59.7 Å². The van der Waals surface area contributed by atoms with Gasteiger partial charge in [0.05, 0.1) is 13.2 Å². The smallest absolute Gasteiger partial charge is 0.407 e. The number of alkyl carbamates (subject to hydrolysis) is 1. The monoisotopic (exact) mass is 454 g/mol. The Balaban J connectivity index is 1.66. The van der Waals surface area contributed by atoms with Crippen molar-refractivity contribution < 1.29 is 29.0 Å². The number of ether oxygens (including phenoxy) is 2. The average molecular weight is 455 g/mol. The number of esters is 1. The van der Waals surface area contributed by atoms with Crippen molar-refractivity contribution in [3.63, 3.8) is 0 Å². The zero-order valence-electron chi connectivity index (χ0n) is 19.2. The van der Waals surface area contributed by atoms with E-state index in [0.717, 1.165) is 22.3 Å². The number of nitrogens with one attached hydrogen (secondary N) is 2. The summed E-state index contributed by atoms with van der Waals surface area (Å²) in [5, 5.41) is 15.0. The SMILES string of the molecule is COC(=O)[C@@H](NC(=O)[C@@H](NC(=O)OCC1c2ccccc2-c2ccccc21)[C@@H](C)O)C(C)C. The summed E-state index contributed by atoms with van der Waals surface area (Å²) < 4.78 is 10.2. The fourth-order valence-electron chi connectivity index (χ4n) is 4.04. The molecule has 8 heteroatoms. The van der Waals surface area contributed by atoms with Crippen LogP contribution in [0.5, 0.6) is 0 Å². The Morgan fingerprint density at radius 3 is 1.94 bits per heavy atom. The van der Waals surface area contributed by atoms with E-state index >= 15 is 0 Å². The number of fused-ring (bicyclic) bond motifs is 3. The molecule has 0 bridgehead atoms. The van der Waals surface area contributed by atoms with E-state index in [1.165, 1.54) is 14.0 Å². The lowest BCUT2D eigenvalue weighted by molar-refractivity contribution is -0.147. The Morgan fingerprint density at radius 1 is 0.909 bits per heavy atom. The number of aliphatic hydroxyl groups is 1. The molecule has 0 unspecified atom stereocenters. The van der Waals surface area contributed by atoms with Gasteiger partial charge in [-0.15, -0.1) is 0 Å². The molecular weight excluding hydrogens is 424 g/mol. The van der Waals surface area contributed by atoms with Crippen LogP contribution in [0.3, 0.4) is 0 Å². The summed E-state index contributed by atoms with van der Waals surface area (Å²) in [5.74, 6) is -1.69. The van der Waals surface area contributed by atoms with Gasteiger partial charge in [-0.3, -0.25) is 4.79 Å². The van der Waals surface area contributed by atoms with Crippen LogP contribution in [0.2, 0.25) is 0 Å². The van der Waals surface area contributed by atoms with Gasteiger partial charge in [0.25, 0.3) is 0 Å².